The second-order valence-electron chi connectivity index (χ2n) is 4.49. The Morgan fingerprint density at radius 3 is 3.11 bits per heavy atom. The van der Waals surface area contributed by atoms with E-state index in [1.54, 1.807) is 0 Å². The highest BCUT2D eigenvalue weighted by atomic mass is 16.5. The smallest absolute Gasteiger partial charge is 0.307 e. The summed E-state index contributed by atoms with van der Waals surface area (Å²) in [7, 11) is 3.40. The van der Waals surface area contributed by atoms with Crippen LogP contribution < -0.4 is 9.64 Å². The van der Waals surface area contributed by atoms with Gasteiger partial charge in [-0.25, -0.2) is 0 Å². The van der Waals surface area contributed by atoms with Crippen molar-refractivity contribution in [2.24, 2.45) is 0 Å². The van der Waals surface area contributed by atoms with E-state index in [9.17, 15) is 4.79 Å². The number of ether oxygens (including phenoxy) is 2. The lowest BCUT2D eigenvalue weighted by Gasteiger charge is -2.23. The number of aryl methyl sites for hydroxylation is 1. The van der Waals surface area contributed by atoms with Crippen LogP contribution in [0.25, 0.3) is 0 Å². The molecule has 1 aromatic rings. The minimum absolute atomic E-state index is 0.178. The van der Waals surface area contributed by atoms with Gasteiger partial charge in [0.15, 0.2) is 0 Å². The van der Waals surface area contributed by atoms with E-state index in [0.29, 0.717) is 13.0 Å². The monoisotopic (exact) mass is 249 g/mol. The van der Waals surface area contributed by atoms with E-state index in [1.165, 1.54) is 12.7 Å². The van der Waals surface area contributed by atoms with Crippen molar-refractivity contribution >= 4 is 11.7 Å². The molecule has 0 fully saturated rings. The van der Waals surface area contributed by atoms with Gasteiger partial charge in [-0.1, -0.05) is 0 Å². The molecule has 4 heteroatoms. The Bertz CT molecular complexity index is 431. The van der Waals surface area contributed by atoms with Gasteiger partial charge in [-0.3, -0.25) is 4.79 Å². The molecule has 4 nitrogen and oxygen atoms in total. The summed E-state index contributed by atoms with van der Waals surface area (Å²) in [5.41, 5.74) is 2.37. The molecule has 0 N–H and O–H groups in total. The maximum atomic E-state index is 11.1. The minimum Gasteiger partial charge on any atom is -0.493 e. The van der Waals surface area contributed by atoms with Gasteiger partial charge < -0.3 is 14.4 Å². The Morgan fingerprint density at radius 1 is 1.50 bits per heavy atom. The van der Waals surface area contributed by atoms with Crippen LogP contribution in [0.3, 0.4) is 0 Å². The molecule has 0 aliphatic carbocycles. The quantitative estimate of drug-likeness (QED) is 0.765. The Kier molecular flexibility index (Phi) is 4.07. The van der Waals surface area contributed by atoms with Crippen molar-refractivity contribution in [2.75, 3.05) is 32.2 Å². The normalized spacial score (nSPS) is 13.4. The number of methoxy groups -OCH3 is 1. The van der Waals surface area contributed by atoms with Gasteiger partial charge in [-0.2, -0.15) is 0 Å². The molecule has 0 spiro atoms. The van der Waals surface area contributed by atoms with Gasteiger partial charge in [0.05, 0.1) is 20.1 Å². The maximum Gasteiger partial charge on any atom is 0.307 e. The fraction of sp³-hybridized carbons (Fsp3) is 0.500. The molecule has 1 aliphatic heterocycles. The lowest BCUT2D eigenvalue weighted by atomic mass is 10.1. The Labute approximate surface area is 107 Å². The summed E-state index contributed by atoms with van der Waals surface area (Å²) in [4.78, 5) is 13.2. The van der Waals surface area contributed by atoms with E-state index in [1.807, 2.05) is 19.2 Å². The molecule has 98 valence electrons. The first kappa shape index (κ1) is 12.7. The van der Waals surface area contributed by atoms with Crippen LogP contribution >= 0.6 is 0 Å². The van der Waals surface area contributed by atoms with Crippen LogP contribution in [0, 0.1) is 0 Å². The summed E-state index contributed by atoms with van der Waals surface area (Å²) in [6, 6.07) is 6.19. The van der Waals surface area contributed by atoms with E-state index >= 15 is 0 Å². The number of hydrogen-bond acceptors (Lipinski definition) is 4. The molecule has 0 unspecified atom stereocenters. The number of carbonyl (C=O) groups is 1. The lowest BCUT2D eigenvalue weighted by molar-refractivity contribution is -0.140. The molecule has 0 aromatic heterocycles. The first-order valence-electron chi connectivity index (χ1n) is 6.24. The van der Waals surface area contributed by atoms with E-state index in [0.717, 1.165) is 30.9 Å². The summed E-state index contributed by atoms with van der Waals surface area (Å²) in [5.74, 6) is 0.814. The molecule has 18 heavy (non-hydrogen) atoms. The summed E-state index contributed by atoms with van der Waals surface area (Å²) < 4.78 is 10.2. The van der Waals surface area contributed by atoms with E-state index in [4.69, 9.17) is 4.74 Å². The molecule has 0 saturated carbocycles. The topological polar surface area (TPSA) is 38.8 Å². The van der Waals surface area contributed by atoms with Crippen LogP contribution in [0.15, 0.2) is 18.2 Å². The van der Waals surface area contributed by atoms with Crippen LogP contribution in [0.4, 0.5) is 5.69 Å². The van der Waals surface area contributed by atoms with Crippen molar-refractivity contribution in [3.8, 4) is 5.75 Å². The molecule has 0 atom stereocenters. The second-order valence-corrected chi connectivity index (χ2v) is 4.49. The number of carbonyl (C=O) groups excluding carboxylic acids is 1. The van der Waals surface area contributed by atoms with Crippen molar-refractivity contribution in [3.63, 3.8) is 0 Å². The maximum absolute atomic E-state index is 11.1. The summed E-state index contributed by atoms with van der Waals surface area (Å²) in [6.45, 7) is 1.47. The first-order valence-corrected chi connectivity index (χ1v) is 6.24. The van der Waals surface area contributed by atoms with E-state index in [-0.39, 0.29) is 5.97 Å². The van der Waals surface area contributed by atoms with Gasteiger partial charge in [-0.05, 0) is 36.6 Å². The summed E-state index contributed by atoms with van der Waals surface area (Å²) in [6.07, 6.45) is 2.54. The number of benzene rings is 1. The zero-order valence-electron chi connectivity index (χ0n) is 10.9. The summed E-state index contributed by atoms with van der Waals surface area (Å²) in [5, 5.41) is 0. The lowest BCUT2D eigenvalue weighted by Crippen LogP contribution is -2.22. The predicted molar refractivity (Wildman–Crippen MR) is 70.2 cm³/mol. The van der Waals surface area contributed by atoms with Crippen LogP contribution in [0.2, 0.25) is 0 Å². The van der Waals surface area contributed by atoms with Gasteiger partial charge in [0, 0.05) is 19.3 Å². The predicted octanol–water partition coefficient (Wildman–Crippen LogP) is 2.01. The molecular formula is C14H19NO3. The van der Waals surface area contributed by atoms with Gasteiger partial charge in [0.25, 0.3) is 0 Å². The highest BCUT2D eigenvalue weighted by molar-refractivity contribution is 5.70. The molecule has 1 aromatic carbocycles. The SMILES string of the molecule is COC(=O)CCN(C)c1ccc2c(c1)CCCO2. The Hall–Kier alpha value is -1.71. The van der Waals surface area contributed by atoms with Gasteiger partial charge >= 0.3 is 5.97 Å². The standard InChI is InChI=1S/C14H19NO3/c1-15(8-7-14(16)17-2)12-5-6-13-11(10-12)4-3-9-18-13/h5-6,10H,3-4,7-9H2,1-2H3. The molecule has 2 rings (SSSR count). The summed E-state index contributed by atoms with van der Waals surface area (Å²) >= 11 is 0. The average Bonchev–Trinajstić information content (AvgIpc) is 2.43. The molecular weight excluding hydrogens is 230 g/mol. The van der Waals surface area contributed by atoms with Crippen molar-refractivity contribution in [3.05, 3.63) is 23.8 Å². The van der Waals surface area contributed by atoms with Crippen LogP contribution in [-0.2, 0) is 16.0 Å². The first-order chi connectivity index (χ1) is 8.70. The van der Waals surface area contributed by atoms with Crippen molar-refractivity contribution < 1.29 is 14.3 Å². The van der Waals surface area contributed by atoms with Gasteiger partial charge in [0.1, 0.15) is 5.75 Å². The Morgan fingerprint density at radius 2 is 2.33 bits per heavy atom. The van der Waals surface area contributed by atoms with E-state index < -0.39 is 0 Å². The fourth-order valence-electron chi connectivity index (χ4n) is 2.07. The molecule has 1 aliphatic rings. The minimum atomic E-state index is -0.178. The third-order valence-corrected chi connectivity index (χ3v) is 3.21. The zero-order valence-corrected chi connectivity index (χ0v) is 10.9. The average molecular weight is 249 g/mol. The zero-order chi connectivity index (χ0) is 13.0. The number of hydrogen-bond donors (Lipinski definition) is 0. The largest absolute Gasteiger partial charge is 0.493 e. The number of fused-ring (bicyclic) bond motifs is 1. The molecule has 0 radical (unpaired) electrons. The third kappa shape index (κ3) is 2.94. The number of esters is 1. The number of nitrogens with zero attached hydrogens (tertiary/aromatic N) is 1. The van der Waals surface area contributed by atoms with E-state index in [2.05, 4.69) is 15.7 Å². The van der Waals surface area contributed by atoms with Crippen molar-refractivity contribution in [1.82, 2.24) is 0 Å². The molecule has 0 amide bonds. The van der Waals surface area contributed by atoms with Gasteiger partial charge in [-0.15, -0.1) is 0 Å². The van der Waals surface area contributed by atoms with Gasteiger partial charge in [0.2, 0.25) is 0 Å². The molecule has 1 heterocycles. The van der Waals surface area contributed by atoms with Crippen molar-refractivity contribution in [2.45, 2.75) is 19.3 Å². The highest BCUT2D eigenvalue weighted by Crippen LogP contribution is 2.28. The third-order valence-electron chi connectivity index (χ3n) is 3.21. The van der Waals surface area contributed by atoms with Crippen LogP contribution in [0.5, 0.6) is 5.75 Å². The number of rotatable bonds is 4. The Balaban J connectivity index is 2.01. The van der Waals surface area contributed by atoms with Crippen molar-refractivity contribution in [1.29, 1.82) is 0 Å². The van der Waals surface area contributed by atoms with Crippen LogP contribution in [-0.4, -0.2) is 33.3 Å². The second kappa shape index (κ2) is 5.76. The molecule has 0 bridgehead atoms. The number of anilines is 1. The highest BCUT2D eigenvalue weighted by Gasteiger charge is 2.12. The fourth-order valence-corrected chi connectivity index (χ4v) is 2.07. The van der Waals surface area contributed by atoms with Crippen LogP contribution in [0.1, 0.15) is 18.4 Å². The molecule has 0 saturated heterocycles.